The van der Waals surface area contributed by atoms with E-state index in [1.807, 2.05) is 60.8 Å². The number of fused-ring (bicyclic) bond motifs is 1. The minimum Gasteiger partial charge on any atom is -0.446 e. The first kappa shape index (κ1) is 38.3. The Bertz CT molecular complexity index is 1940. The zero-order chi connectivity index (χ0) is 38.2. The van der Waals surface area contributed by atoms with E-state index in [2.05, 4.69) is 31.6 Å². The van der Waals surface area contributed by atoms with Crippen LogP contribution in [0.15, 0.2) is 85.1 Å². The Labute approximate surface area is 327 Å². The summed E-state index contributed by atoms with van der Waals surface area (Å²) in [5.74, 6) is 1.28. The number of carbonyl (C=O) groups is 4. The fraction of sp³-hybridized carbons (Fsp3) is 0.442. The molecule has 1 atom stereocenters. The van der Waals surface area contributed by atoms with Crippen molar-refractivity contribution < 1.29 is 23.9 Å². The topological polar surface area (TPSA) is 153 Å². The third-order valence-electron chi connectivity index (χ3n) is 11.7. The van der Waals surface area contributed by atoms with Crippen molar-refractivity contribution in [3.8, 4) is 0 Å². The van der Waals surface area contributed by atoms with Crippen molar-refractivity contribution in [1.29, 1.82) is 0 Å². The van der Waals surface area contributed by atoms with Gasteiger partial charge in [-0.05, 0) is 104 Å². The van der Waals surface area contributed by atoms with Crippen LogP contribution < -0.4 is 26.6 Å². The number of benzene rings is 3. The van der Waals surface area contributed by atoms with E-state index in [-0.39, 0.29) is 30.9 Å². The molecule has 0 saturated heterocycles. The molecule has 12 heteroatoms. The summed E-state index contributed by atoms with van der Waals surface area (Å²) in [7, 11) is 0. The lowest BCUT2D eigenvalue weighted by molar-refractivity contribution is -0.133. The molecule has 0 radical (unpaired) electrons. The highest BCUT2D eigenvalue weighted by Gasteiger charge is 2.51. The maximum absolute atomic E-state index is 14.5. The van der Waals surface area contributed by atoms with Crippen LogP contribution in [-0.4, -0.2) is 60.2 Å². The SMILES string of the molecule is O=C(C[C@](Cc1c[nH]c2ccccc12)(NC(=O)OC1C2CC3CC(C2)CC1C3)C(=O)NCCc1ccccc1)NCCCCNC(=O)Nc1ccccc1Cl. The van der Waals surface area contributed by atoms with E-state index in [0.29, 0.717) is 73.3 Å². The number of H-pyrrole nitrogens is 1. The maximum atomic E-state index is 14.5. The molecular weight excluding hydrogens is 716 g/mol. The lowest BCUT2D eigenvalue weighted by atomic mass is 9.55. The molecule has 4 saturated carbocycles. The number of aromatic amines is 1. The number of nitrogens with one attached hydrogen (secondary N) is 6. The highest BCUT2D eigenvalue weighted by Crippen LogP contribution is 2.54. The van der Waals surface area contributed by atoms with Crippen LogP contribution in [0.5, 0.6) is 0 Å². The van der Waals surface area contributed by atoms with Gasteiger partial charge in [-0.3, -0.25) is 9.59 Å². The molecule has 5 amide bonds. The molecule has 4 aliphatic carbocycles. The summed E-state index contributed by atoms with van der Waals surface area (Å²) in [6.45, 7) is 1.03. The maximum Gasteiger partial charge on any atom is 0.408 e. The van der Waals surface area contributed by atoms with Crippen LogP contribution >= 0.6 is 11.6 Å². The fourth-order valence-corrected chi connectivity index (χ4v) is 9.45. The highest BCUT2D eigenvalue weighted by atomic mass is 35.5. The predicted octanol–water partition coefficient (Wildman–Crippen LogP) is 7.12. The number of urea groups is 1. The van der Waals surface area contributed by atoms with Gasteiger partial charge in [0, 0.05) is 43.2 Å². The number of hydrogen-bond donors (Lipinski definition) is 6. The molecule has 4 aromatic rings. The molecule has 4 aliphatic rings. The number of aromatic nitrogens is 1. The van der Waals surface area contributed by atoms with Crippen molar-refractivity contribution in [3.05, 3.63) is 101 Å². The monoisotopic (exact) mass is 766 g/mol. The molecule has 6 N–H and O–H groups in total. The molecule has 55 heavy (non-hydrogen) atoms. The summed E-state index contributed by atoms with van der Waals surface area (Å²) in [6, 6.07) is 24.3. The number of ether oxygens (including phenoxy) is 1. The number of alkyl carbamates (subject to hydrolysis) is 1. The van der Waals surface area contributed by atoms with Crippen LogP contribution in [-0.2, 0) is 27.2 Å². The molecule has 0 aliphatic heterocycles. The number of halogens is 1. The average molecular weight is 767 g/mol. The van der Waals surface area contributed by atoms with Crippen molar-refractivity contribution in [2.45, 2.75) is 75.9 Å². The lowest BCUT2D eigenvalue weighted by Gasteiger charge is -2.53. The van der Waals surface area contributed by atoms with E-state index in [4.69, 9.17) is 16.3 Å². The van der Waals surface area contributed by atoms with Crippen LogP contribution in [0.1, 0.15) is 62.5 Å². The second kappa shape index (κ2) is 17.6. The van der Waals surface area contributed by atoms with E-state index >= 15 is 0 Å². The van der Waals surface area contributed by atoms with Gasteiger partial charge in [0.2, 0.25) is 11.8 Å². The number of hydrogen-bond acceptors (Lipinski definition) is 5. The smallest absolute Gasteiger partial charge is 0.408 e. The quantitative estimate of drug-likeness (QED) is 0.0671. The van der Waals surface area contributed by atoms with Gasteiger partial charge in [0.05, 0.1) is 17.1 Å². The van der Waals surface area contributed by atoms with Crippen LogP contribution in [0, 0.1) is 23.7 Å². The minimum atomic E-state index is -1.65. The minimum absolute atomic E-state index is 0.0723. The van der Waals surface area contributed by atoms with Crippen molar-refractivity contribution in [1.82, 2.24) is 26.3 Å². The molecular formula is C43H51ClN6O5. The van der Waals surface area contributed by atoms with Crippen molar-refractivity contribution in [3.63, 3.8) is 0 Å². The van der Waals surface area contributed by atoms with E-state index in [9.17, 15) is 19.2 Å². The lowest BCUT2D eigenvalue weighted by Crippen LogP contribution is -2.63. The van der Waals surface area contributed by atoms with Crippen LogP contribution in [0.25, 0.3) is 10.9 Å². The first-order chi connectivity index (χ1) is 26.7. The largest absolute Gasteiger partial charge is 0.446 e. The molecule has 0 unspecified atom stereocenters. The number of amides is 5. The van der Waals surface area contributed by atoms with Gasteiger partial charge < -0.3 is 36.3 Å². The molecule has 4 fully saturated rings. The van der Waals surface area contributed by atoms with Gasteiger partial charge >= 0.3 is 12.1 Å². The van der Waals surface area contributed by atoms with E-state index in [1.54, 1.807) is 24.3 Å². The Morgan fingerprint density at radius 1 is 0.764 bits per heavy atom. The van der Waals surface area contributed by atoms with Gasteiger partial charge in [-0.1, -0.05) is 72.3 Å². The second-order valence-corrected chi connectivity index (χ2v) is 16.0. The first-order valence-corrected chi connectivity index (χ1v) is 20.0. The fourth-order valence-electron chi connectivity index (χ4n) is 9.27. The number of unbranched alkanes of at least 4 members (excludes halogenated alkanes) is 1. The van der Waals surface area contributed by atoms with Gasteiger partial charge in [-0.2, -0.15) is 0 Å². The third-order valence-corrected chi connectivity index (χ3v) is 12.0. The molecule has 8 rings (SSSR count). The van der Waals surface area contributed by atoms with Crippen LogP contribution in [0.4, 0.5) is 15.3 Å². The van der Waals surface area contributed by atoms with Crippen LogP contribution in [0.3, 0.4) is 0 Å². The van der Waals surface area contributed by atoms with Crippen LogP contribution in [0.2, 0.25) is 5.02 Å². The Kier molecular flexibility index (Phi) is 12.3. The first-order valence-electron chi connectivity index (χ1n) is 19.7. The summed E-state index contributed by atoms with van der Waals surface area (Å²) in [5.41, 5.74) is 1.63. The van der Waals surface area contributed by atoms with Gasteiger partial charge in [0.25, 0.3) is 0 Å². The Morgan fingerprint density at radius 3 is 2.18 bits per heavy atom. The van der Waals surface area contributed by atoms with Gasteiger partial charge in [0.1, 0.15) is 11.6 Å². The average Bonchev–Trinajstić information content (AvgIpc) is 3.57. The van der Waals surface area contributed by atoms with Crippen molar-refractivity contribution in [2.75, 3.05) is 25.0 Å². The zero-order valence-corrected chi connectivity index (χ0v) is 31.8. The molecule has 3 aromatic carbocycles. The molecule has 4 bridgehead atoms. The predicted molar refractivity (Wildman–Crippen MR) is 214 cm³/mol. The molecule has 1 aromatic heterocycles. The summed E-state index contributed by atoms with van der Waals surface area (Å²) in [6.07, 6.45) is 8.15. The summed E-state index contributed by atoms with van der Waals surface area (Å²) in [5, 5.41) is 15.9. The standard InChI is InChI=1S/C43H51ClN6O5/c44-35-13-5-7-15-37(35)49-41(53)47-18-9-8-17-45-38(51)26-43(25-33-27-48-36-14-6-4-12-34(33)36,40(52)46-19-16-28-10-2-1-3-11-28)50-42(54)55-39-31-21-29-20-30(23-31)24-32(39)22-29/h1-7,10-15,27,29-32,39,48H,8-9,16-26H2,(H,45,51)(H,46,52)(H,50,54)(H2,47,49,53)/t29?,30?,31?,32?,39?,43-/m0/s1. The van der Waals surface area contributed by atoms with Gasteiger partial charge in [-0.15, -0.1) is 0 Å². The van der Waals surface area contributed by atoms with E-state index in [1.165, 1.54) is 6.42 Å². The molecule has 290 valence electrons. The Hall–Kier alpha value is -5.03. The third kappa shape index (κ3) is 9.62. The molecule has 1 heterocycles. The zero-order valence-electron chi connectivity index (χ0n) is 31.1. The Morgan fingerprint density at radius 2 is 1.44 bits per heavy atom. The van der Waals surface area contributed by atoms with Gasteiger partial charge in [0.15, 0.2) is 0 Å². The van der Waals surface area contributed by atoms with Crippen molar-refractivity contribution in [2.24, 2.45) is 23.7 Å². The normalized spacial score (nSPS) is 22.0. The Balaban J connectivity index is 1.04. The number of para-hydroxylation sites is 2. The second-order valence-electron chi connectivity index (χ2n) is 15.6. The number of carbonyl (C=O) groups excluding carboxylic acids is 4. The van der Waals surface area contributed by atoms with E-state index < -0.39 is 17.5 Å². The van der Waals surface area contributed by atoms with Crippen molar-refractivity contribution >= 4 is 52.1 Å². The number of rotatable bonds is 16. The summed E-state index contributed by atoms with van der Waals surface area (Å²) in [4.78, 5) is 58.0. The van der Waals surface area contributed by atoms with E-state index in [0.717, 1.165) is 47.7 Å². The van der Waals surface area contributed by atoms with Gasteiger partial charge in [-0.25, -0.2) is 9.59 Å². The molecule has 0 spiro atoms. The molecule has 11 nitrogen and oxygen atoms in total. The summed E-state index contributed by atoms with van der Waals surface area (Å²) < 4.78 is 6.27. The number of anilines is 1. The highest BCUT2D eigenvalue weighted by molar-refractivity contribution is 6.33. The summed E-state index contributed by atoms with van der Waals surface area (Å²) >= 11 is 6.14.